The minimum absolute atomic E-state index is 0.133. The summed E-state index contributed by atoms with van der Waals surface area (Å²) in [6.07, 6.45) is 2.58. The van der Waals surface area contributed by atoms with Crippen molar-refractivity contribution >= 4 is 38.4 Å². The monoisotopic (exact) mass is 319 g/mol. The molecule has 4 nitrogen and oxygen atoms in total. The number of halogens is 1. The zero-order chi connectivity index (χ0) is 13.4. The molecular formula is C14H14BrN3O. The van der Waals surface area contributed by atoms with Crippen LogP contribution in [0.4, 0.5) is 5.82 Å². The second kappa shape index (κ2) is 4.81. The lowest BCUT2D eigenvalue weighted by Gasteiger charge is -2.14. The first-order valence-corrected chi connectivity index (χ1v) is 7.01. The Balaban J connectivity index is 1.98. The van der Waals surface area contributed by atoms with Gasteiger partial charge in [0.2, 0.25) is 5.91 Å². The molecule has 0 bridgehead atoms. The van der Waals surface area contributed by atoms with Crippen molar-refractivity contribution in [2.45, 2.75) is 12.5 Å². The number of aromatic nitrogens is 1. The van der Waals surface area contributed by atoms with Crippen molar-refractivity contribution in [2.24, 2.45) is 0 Å². The smallest absolute Gasteiger partial charge is 0.244 e. The molecule has 1 aromatic heterocycles. The highest BCUT2D eigenvalue weighted by Crippen LogP contribution is 2.28. The Bertz CT molecular complexity index is 644. The molecule has 1 saturated heterocycles. The Morgan fingerprint density at radius 3 is 2.95 bits per heavy atom. The summed E-state index contributed by atoms with van der Waals surface area (Å²) in [4.78, 5) is 18.1. The normalized spacial score (nSPS) is 19.2. The van der Waals surface area contributed by atoms with Crippen LogP contribution in [-0.4, -0.2) is 35.4 Å². The van der Waals surface area contributed by atoms with Crippen molar-refractivity contribution in [1.82, 2.24) is 9.88 Å². The number of nitrogens with zero attached hydrogens (tertiary/aromatic N) is 2. The van der Waals surface area contributed by atoms with E-state index in [-0.39, 0.29) is 11.9 Å². The van der Waals surface area contributed by atoms with Gasteiger partial charge in [0, 0.05) is 35.0 Å². The molecule has 19 heavy (non-hydrogen) atoms. The van der Waals surface area contributed by atoms with Crippen molar-refractivity contribution < 1.29 is 4.79 Å². The molecule has 1 fully saturated rings. The van der Waals surface area contributed by atoms with E-state index < -0.39 is 0 Å². The number of fused-ring (bicyclic) bond motifs is 1. The van der Waals surface area contributed by atoms with Gasteiger partial charge in [-0.15, -0.1) is 0 Å². The highest BCUT2D eigenvalue weighted by Gasteiger charge is 2.29. The third kappa shape index (κ3) is 2.18. The summed E-state index contributed by atoms with van der Waals surface area (Å²) in [5, 5.41) is 5.39. The summed E-state index contributed by atoms with van der Waals surface area (Å²) in [6, 6.07) is 7.79. The molecule has 3 rings (SSSR count). The zero-order valence-corrected chi connectivity index (χ0v) is 12.1. The summed E-state index contributed by atoms with van der Waals surface area (Å²) in [6.45, 7) is 0.797. The molecule has 0 radical (unpaired) electrons. The number of hydrogen-bond acceptors (Lipinski definition) is 3. The van der Waals surface area contributed by atoms with E-state index in [0.717, 1.165) is 34.0 Å². The first-order valence-electron chi connectivity index (χ1n) is 6.21. The molecule has 2 heterocycles. The van der Waals surface area contributed by atoms with Crippen LogP contribution >= 0.6 is 15.9 Å². The van der Waals surface area contributed by atoms with E-state index in [9.17, 15) is 4.79 Å². The summed E-state index contributed by atoms with van der Waals surface area (Å²) in [7, 11) is 1.83. The van der Waals surface area contributed by atoms with Gasteiger partial charge in [-0.3, -0.25) is 4.79 Å². The highest BCUT2D eigenvalue weighted by molar-refractivity contribution is 9.10. The average molecular weight is 320 g/mol. The third-order valence-electron chi connectivity index (χ3n) is 3.49. The highest BCUT2D eigenvalue weighted by atomic mass is 79.9. The van der Waals surface area contributed by atoms with Crippen molar-refractivity contribution in [1.29, 1.82) is 0 Å². The maximum Gasteiger partial charge on any atom is 0.244 e. The number of rotatable bonds is 2. The van der Waals surface area contributed by atoms with Crippen LogP contribution in [0.3, 0.4) is 0 Å². The van der Waals surface area contributed by atoms with Gasteiger partial charge in [-0.25, -0.2) is 4.98 Å². The molecule has 0 aliphatic carbocycles. The number of carbonyl (C=O) groups is 1. The minimum atomic E-state index is -0.165. The average Bonchev–Trinajstić information content (AvgIpc) is 2.72. The number of hydrogen-bond donors (Lipinski definition) is 1. The summed E-state index contributed by atoms with van der Waals surface area (Å²) < 4.78 is 1.03. The van der Waals surface area contributed by atoms with Crippen LogP contribution in [0.15, 0.2) is 34.9 Å². The van der Waals surface area contributed by atoms with Gasteiger partial charge in [0.15, 0.2) is 0 Å². The molecule has 98 valence electrons. The van der Waals surface area contributed by atoms with E-state index in [1.807, 2.05) is 31.3 Å². The van der Waals surface area contributed by atoms with Crippen LogP contribution in [-0.2, 0) is 4.79 Å². The number of anilines is 1. The predicted molar refractivity (Wildman–Crippen MR) is 79.1 cm³/mol. The van der Waals surface area contributed by atoms with E-state index in [1.54, 1.807) is 11.1 Å². The first kappa shape index (κ1) is 12.4. The molecule has 0 spiro atoms. The van der Waals surface area contributed by atoms with Gasteiger partial charge in [-0.05, 0) is 18.6 Å². The molecule has 1 unspecified atom stereocenters. The molecule has 1 aliphatic rings. The van der Waals surface area contributed by atoms with Gasteiger partial charge in [0.25, 0.3) is 0 Å². The molecular weight excluding hydrogens is 306 g/mol. The Hall–Kier alpha value is -1.62. The van der Waals surface area contributed by atoms with Gasteiger partial charge < -0.3 is 10.2 Å². The van der Waals surface area contributed by atoms with Gasteiger partial charge in [-0.2, -0.15) is 0 Å². The lowest BCUT2D eigenvalue weighted by Crippen LogP contribution is -2.31. The topological polar surface area (TPSA) is 45.2 Å². The quantitative estimate of drug-likeness (QED) is 0.925. The Labute approximate surface area is 119 Å². The van der Waals surface area contributed by atoms with Crippen LogP contribution < -0.4 is 5.32 Å². The molecule has 1 amide bonds. The van der Waals surface area contributed by atoms with Crippen molar-refractivity contribution in [2.75, 3.05) is 18.9 Å². The van der Waals surface area contributed by atoms with E-state index in [2.05, 4.69) is 26.2 Å². The lowest BCUT2D eigenvalue weighted by atomic mass is 10.1. The number of nitrogens with one attached hydrogen (secondary N) is 1. The standard InChI is InChI=1S/C14H14BrN3O/c1-18-8-6-12(14(18)19)17-13-10-3-2-4-11(15)9(10)5-7-16-13/h2-5,7,12H,6,8H2,1H3,(H,16,17). The van der Waals surface area contributed by atoms with E-state index >= 15 is 0 Å². The number of benzene rings is 1. The van der Waals surface area contributed by atoms with Gasteiger partial charge in [0.05, 0.1) is 0 Å². The molecule has 1 aliphatic heterocycles. The SMILES string of the molecule is CN1CCC(Nc2nccc3c(Br)cccc23)C1=O. The maximum absolute atomic E-state index is 11.9. The van der Waals surface area contributed by atoms with Crippen LogP contribution in [0.1, 0.15) is 6.42 Å². The molecule has 1 atom stereocenters. The number of likely N-dealkylation sites (N-methyl/N-ethyl adjacent to an activating group) is 1. The Kier molecular flexibility index (Phi) is 3.14. The molecule has 1 N–H and O–H groups in total. The van der Waals surface area contributed by atoms with Crippen molar-refractivity contribution in [3.05, 3.63) is 34.9 Å². The van der Waals surface area contributed by atoms with Crippen LogP contribution in [0.5, 0.6) is 0 Å². The van der Waals surface area contributed by atoms with E-state index in [1.165, 1.54) is 0 Å². The Morgan fingerprint density at radius 2 is 2.21 bits per heavy atom. The second-order valence-electron chi connectivity index (χ2n) is 4.74. The van der Waals surface area contributed by atoms with E-state index in [0.29, 0.717) is 0 Å². The van der Waals surface area contributed by atoms with Gasteiger partial charge >= 0.3 is 0 Å². The largest absolute Gasteiger partial charge is 0.358 e. The minimum Gasteiger partial charge on any atom is -0.358 e. The second-order valence-corrected chi connectivity index (χ2v) is 5.59. The molecule has 2 aromatic rings. The fourth-order valence-electron chi connectivity index (χ4n) is 2.41. The van der Waals surface area contributed by atoms with Crippen molar-refractivity contribution in [3.63, 3.8) is 0 Å². The Morgan fingerprint density at radius 1 is 1.37 bits per heavy atom. The van der Waals surface area contributed by atoms with Gasteiger partial charge in [0.1, 0.15) is 11.9 Å². The zero-order valence-electron chi connectivity index (χ0n) is 10.6. The molecule has 1 aromatic carbocycles. The number of pyridine rings is 1. The fraction of sp³-hybridized carbons (Fsp3) is 0.286. The van der Waals surface area contributed by atoms with Crippen LogP contribution in [0.25, 0.3) is 10.8 Å². The van der Waals surface area contributed by atoms with Gasteiger partial charge in [-0.1, -0.05) is 28.1 Å². The summed E-state index contributed by atoms with van der Waals surface area (Å²) >= 11 is 3.53. The number of carbonyl (C=O) groups excluding carboxylic acids is 1. The van der Waals surface area contributed by atoms with E-state index in [4.69, 9.17) is 0 Å². The van der Waals surface area contributed by atoms with Crippen LogP contribution in [0.2, 0.25) is 0 Å². The van der Waals surface area contributed by atoms with Crippen LogP contribution in [0, 0.1) is 0 Å². The molecule has 0 saturated carbocycles. The molecule has 5 heteroatoms. The summed E-state index contributed by atoms with van der Waals surface area (Å²) in [5.41, 5.74) is 0. The maximum atomic E-state index is 11.9. The first-order chi connectivity index (χ1) is 9.16. The third-order valence-corrected chi connectivity index (χ3v) is 4.18. The number of amides is 1. The van der Waals surface area contributed by atoms with Crippen molar-refractivity contribution in [3.8, 4) is 0 Å². The lowest BCUT2D eigenvalue weighted by molar-refractivity contribution is -0.127. The summed E-state index contributed by atoms with van der Waals surface area (Å²) in [5.74, 6) is 0.904. The predicted octanol–water partition coefficient (Wildman–Crippen LogP) is 2.64. The number of likely N-dealkylation sites (tertiary alicyclic amines) is 1. The fourth-order valence-corrected chi connectivity index (χ4v) is 2.90.